The van der Waals surface area contributed by atoms with Crippen molar-refractivity contribution in [1.82, 2.24) is 14.7 Å². The van der Waals surface area contributed by atoms with E-state index in [4.69, 9.17) is 10.5 Å². The minimum absolute atomic E-state index is 0.00584. The molecule has 2 aliphatic rings. The Balaban J connectivity index is 1.72. The molecule has 2 heterocycles. The number of hydrogen-bond acceptors (Lipinski definition) is 5. The monoisotopic (exact) mass is 388 g/mol. The summed E-state index contributed by atoms with van der Waals surface area (Å²) in [7, 11) is 2.04. The average molecular weight is 388 g/mol. The summed E-state index contributed by atoms with van der Waals surface area (Å²) in [4.78, 5) is 41.7. The Kier molecular flexibility index (Phi) is 5.60. The van der Waals surface area contributed by atoms with Gasteiger partial charge in [-0.1, -0.05) is 13.8 Å². The maximum atomic E-state index is 12.6. The maximum absolute atomic E-state index is 12.6. The second-order valence-electron chi connectivity index (χ2n) is 7.47. The van der Waals surface area contributed by atoms with Gasteiger partial charge in [0, 0.05) is 31.7 Å². The molecule has 0 aromatic heterocycles. The van der Waals surface area contributed by atoms with Crippen LogP contribution >= 0.6 is 0 Å². The quantitative estimate of drug-likeness (QED) is 0.772. The third-order valence-corrected chi connectivity index (χ3v) is 5.99. The molecule has 0 bridgehead atoms. The molecule has 4 amide bonds. The lowest BCUT2D eigenvalue weighted by molar-refractivity contribution is -0.190. The Bertz CT molecular complexity index is 752. The summed E-state index contributed by atoms with van der Waals surface area (Å²) >= 11 is 0. The summed E-state index contributed by atoms with van der Waals surface area (Å²) in [5, 5.41) is 0. The molecule has 8 nitrogen and oxygen atoms in total. The Labute approximate surface area is 165 Å². The van der Waals surface area contributed by atoms with Crippen LogP contribution in [0.25, 0.3) is 0 Å². The van der Waals surface area contributed by atoms with Crippen molar-refractivity contribution < 1.29 is 19.1 Å². The minimum atomic E-state index is -0.811. The highest BCUT2D eigenvalue weighted by atomic mass is 16.5. The van der Waals surface area contributed by atoms with Gasteiger partial charge in [-0.05, 0) is 44.2 Å². The highest BCUT2D eigenvalue weighted by Gasteiger charge is 2.62. The van der Waals surface area contributed by atoms with Gasteiger partial charge >= 0.3 is 6.03 Å². The number of β-lactam (4-membered cyclic amide) rings is 1. The zero-order valence-electron chi connectivity index (χ0n) is 16.7. The van der Waals surface area contributed by atoms with Crippen molar-refractivity contribution in [2.24, 2.45) is 11.1 Å². The van der Waals surface area contributed by atoms with Crippen molar-refractivity contribution in [1.29, 1.82) is 0 Å². The molecule has 1 aromatic carbocycles. The van der Waals surface area contributed by atoms with Crippen molar-refractivity contribution in [3.8, 4) is 5.75 Å². The first-order valence-electron chi connectivity index (χ1n) is 9.71. The number of hydrogen-bond donors (Lipinski definition) is 1. The van der Waals surface area contributed by atoms with Gasteiger partial charge in [0.25, 0.3) is 5.91 Å². The lowest BCUT2D eigenvalue weighted by Gasteiger charge is -2.52. The van der Waals surface area contributed by atoms with Crippen LogP contribution in [0.15, 0.2) is 24.3 Å². The first-order valence-corrected chi connectivity index (χ1v) is 9.71. The van der Waals surface area contributed by atoms with Crippen molar-refractivity contribution in [3.05, 3.63) is 29.8 Å². The largest absolute Gasteiger partial charge is 0.469 e. The molecule has 2 aliphatic heterocycles. The van der Waals surface area contributed by atoms with E-state index in [1.54, 1.807) is 24.3 Å². The zero-order chi connectivity index (χ0) is 20.5. The summed E-state index contributed by atoms with van der Waals surface area (Å²) < 4.78 is 5.96. The number of carbonyl (C=O) groups excluding carboxylic acids is 3. The molecule has 2 saturated heterocycles. The van der Waals surface area contributed by atoms with Gasteiger partial charge in [0.1, 0.15) is 11.2 Å². The predicted octanol–water partition coefficient (Wildman–Crippen LogP) is 1.51. The molecular weight excluding hydrogens is 360 g/mol. The van der Waals surface area contributed by atoms with Crippen LogP contribution in [0.4, 0.5) is 4.79 Å². The van der Waals surface area contributed by atoms with Gasteiger partial charge in [0.2, 0.25) is 5.91 Å². The van der Waals surface area contributed by atoms with E-state index >= 15 is 0 Å². The second kappa shape index (κ2) is 7.79. The van der Waals surface area contributed by atoms with Crippen LogP contribution in [0.1, 0.15) is 37.0 Å². The number of piperazine rings is 1. The molecule has 1 atom stereocenters. The van der Waals surface area contributed by atoms with Crippen LogP contribution in [-0.2, 0) is 4.79 Å². The topological polar surface area (TPSA) is 96.2 Å². The van der Waals surface area contributed by atoms with Crippen LogP contribution in [-0.4, -0.2) is 72.0 Å². The number of primary amides is 1. The Morgan fingerprint density at radius 3 is 2.18 bits per heavy atom. The molecule has 8 heteroatoms. The molecule has 0 saturated carbocycles. The van der Waals surface area contributed by atoms with Crippen molar-refractivity contribution in [3.63, 3.8) is 0 Å². The number of likely N-dealkylation sites (N-methyl/N-ethyl adjacent to an activating group) is 1. The van der Waals surface area contributed by atoms with E-state index in [0.29, 0.717) is 37.2 Å². The van der Waals surface area contributed by atoms with E-state index in [2.05, 4.69) is 4.90 Å². The summed E-state index contributed by atoms with van der Waals surface area (Å²) in [6.45, 7) is 6.94. The molecule has 28 heavy (non-hydrogen) atoms. The Morgan fingerprint density at radius 1 is 1.11 bits per heavy atom. The molecule has 0 radical (unpaired) electrons. The molecular formula is C20H28N4O4. The van der Waals surface area contributed by atoms with E-state index in [1.807, 2.05) is 25.8 Å². The maximum Gasteiger partial charge on any atom is 0.324 e. The summed E-state index contributed by atoms with van der Waals surface area (Å²) in [5.41, 5.74) is 5.19. The fourth-order valence-electron chi connectivity index (χ4n) is 3.91. The van der Waals surface area contributed by atoms with Crippen LogP contribution in [0, 0.1) is 5.41 Å². The first kappa shape index (κ1) is 20.1. The highest BCUT2D eigenvalue weighted by molar-refractivity contribution is 6.02. The fraction of sp³-hybridized carbons (Fsp3) is 0.550. The number of imide groups is 1. The predicted molar refractivity (Wildman–Crippen MR) is 104 cm³/mol. The molecule has 0 aliphatic carbocycles. The molecule has 152 valence electrons. The van der Waals surface area contributed by atoms with Gasteiger partial charge in [-0.25, -0.2) is 9.69 Å². The summed E-state index contributed by atoms with van der Waals surface area (Å²) in [6.07, 6.45) is 0.375. The normalized spacial score (nSPS) is 22.0. The number of amides is 4. The SMILES string of the molecule is CCC1(CC)C(=O)N(C(N)=O)C1Oc1ccc(C(=O)N2CCN(C)CC2)cc1. The molecule has 0 spiro atoms. The minimum Gasteiger partial charge on any atom is -0.469 e. The average Bonchev–Trinajstić information content (AvgIpc) is 2.69. The molecule has 2 fully saturated rings. The number of nitrogens with two attached hydrogens (primary N) is 1. The van der Waals surface area contributed by atoms with Gasteiger partial charge in [-0.2, -0.15) is 0 Å². The van der Waals surface area contributed by atoms with Gasteiger partial charge < -0.3 is 20.3 Å². The summed E-state index contributed by atoms with van der Waals surface area (Å²) in [5.74, 6) is 0.190. The number of urea groups is 1. The van der Waals surface area contributed by atoms with Gasteiger partial charge in [0.05, 0.1) is 0 Å². The number of ether oxygens (including phenoxy) is 1. The van der Waals surface area contributed by atoms with Crippen LogP contribution in [0.3, 0.4) is 0 Å². The second-order valence-corrected chi connectivity index (χ2v) is 7.47. The zero-order valence-corrected chi connectivity index (χ0v) is 16.7. The van der Waals surface area contributed by atoms with Gasteiger partial charge in [0.15, 0.2) is 6.23 Å². The van der Waals surface area contributed by atoms with Crippen molar-refractivity contribution in [2.45, 2.75) is 32.9 Å². The Morgan fingerprint density at radius 2 is 1.68 bits per heavy atom. The van der Waals surface area contributed by atoms with Crippen LogP contribution < -0.4 is 10.5 Å². The lowest BCUT2D eigenvalue weighted by Crippen LogP contribution is -2.73. The third-order valence-electron chi connectivity index (χ3n) is 5.99. The van der Waals surface area contributed by atoms with E-state index in [0.717, 1.165) is 18.0 Å². The van der Waals surface area contributed by atoms with Crippen LogP contribution in [0.2, 0.25) is 0 Å². The Hall–Kier alpha value is -2.61. The fourth-order valence-corrected chi connectivity index (χ4v) is 3.91. The van der Waals surface area contributed by atoms with Gasteiger partial charge in [-0.3, -0.25) is 9.59 Å². The molecule has 3 rings (SSSR count). The number of carbonyl (C=O) groups is 3. The summed E-state index contributed by atoms with van der Waals surface area (Å²) in [6, 6.07) is 6.01. The number of rotatable bonds is 5. The third kappa shape index (κ3) is 3.32. The smallest absolute Gasteiger partial charge is 0.324 e. The number of likely N-dealkylation sites (tertiary alicyclic amines) is 1. The molecule has 2 N–H and O–H groups in total. The van der Waals surface area contributed by atoms with E-state index in [9.17, 15) is 14.4 Å². The van der Waals surface area contributed by atoms with E-state index in [-0.39, 0.29) is 11.8 Å². The van der Waals surface area contributed by atoms with Crippen LogP contribution in [0.5, 0.6) is 5.75 Å². The highest BCUT2D eigenvalue weighted by Crippen LogP contribution is 2.45. The lowest BCUT2D eigenvalue weighted by atomic mass is 9.72. The van der Waals surface area contributed by atoms with E-state index in [1.165, 1.54) is 0 Å². The first-order chi connectivity index (χ1) is 13.3. The number of nitrogens with zero attached hydrogens (tertiary/aromatic N) is 3. The van der Waals surface area contributed by atoms with Gasteiger partial charge in [-0.15, -0.1) is 0 Å². The molecule has 1 unspecified atom stereocenters. The number of benzene rings is 1. The standard InChI is InChI=1S/C20H28N4O4/c1-4-20(5-2)17(26)24(19(21)27)18(20)28-15-8-6-14(7-9-15)16(25)23-12-10-22(3)11-13-23/h6-9,18H,4-5,10-13H2,1-3H3,(H2,21,27). The van der Waals surface area contributed by atoms with Crippen molar-refractivity contribution in [2.75, 3.05) is 33.2 Å². The molecule has 1 aromatic rings. The van der Waals surface area contributed by atoms with Crippen molar-refractivity contribution >= 4 is 17.8 Å². The van der Waals surface area contributed by atoms with E-state index < -0.39 is 17.7 Å².